The van der Waals surface area contributed by atoms with E-state index in [1.54, 1.807) is 68.0 Å². The molecular formula is C50H54N8O7. The lowest BCUT2D eigenvalue weighted by molar-refractivity contribution is -0.138. The molecule has 6 aromatic rings. The van der Waals surface area contributed by atoms with E-state index in [1.807, 2.05) is 84.9 Å². The number of likely N-dealkylation sites (tertiary alicyclic amines) is 2. The molecule has 2 aromatic heterocycles. The summed E-state index contributed by atoms with van der Waals surface area (Å²) in [6.07, 6.45) is 2.38. The minimum atomic E-state index is -1.01. The summed E-state index contributed by atoms with van der Waals surface area (Å²) >= 11 is 0. The molecule has 0 radical (unpaired) electrons. The molecule has 2 saturated heterocycles. The highest BCUT2D eigenvalue weighted by atomic mass is 16.6. The van der Waals surface area contributed by atoms with E-state index in [-0.39, 0.29) is 36.0 Å². The maximum atomic E-state index is 14.1. The lowest BCUT2D eigenvalue weighted by Crippen LogP contribution is -2.48. The van der Waals surface area contributed by atoms with Gasteiger partial charge in [-0.25, -0.2) is 14.6 Å². The van der Waals surface area contributed by atoms with Crippen LogP contribution in [0, 0.1) is 0 Å². The fourth-order valence-electron chi connectivity index (χ4n) is 8.62. The van der Waals surface area contributed by atoms with Crippen molar-refractivity contribution < 1.29 is 33.4 Å². The van der Waals surface area contributed by atoms with Gasteiger partial charge in [-0.15, -0.1) is 0 Å². The first kappa shape index (κ1) is 44.2. The van der Waals surface area contributed by atoms with Crippen LogP contribution in [-0.4, -0.2) is 86.0 Å². The number of alkyl carbamates (subject to hydrolysis) is 2. The van der Waals surface area contributed by atoms with Gasteiger partial charge in [-0.3, -0.25) is 14.4 Å². The molecule has 0 bridgehead atoms. The first-order chi connectivity index (χ1) is 31.4. The van der Waals surface area contributed by atoms with Gasteiger partial charge in [0, 0.05) is 35.4 Å². The summed E-state index contributed by atoms with van der Waals surface area (Å²) < 4.78 is 10.6. The first-order valence-corrected chi connectivity index (χ1v) is 22.2. The second kappa shape index (κ2) is 19.5. The third kappa shape index (κ3) is 10.2. The van der Waals surface area contributed by atoms with Gasteiger partial charge in [0.15, 0.2) is 0 Å². The predicted molar refractivity (Wildman–Crippen MR) is 246 cm³/mol. The summed E-state index contributed by atoms with van der Waals surface area (Å²) in [7, 11) is 0. The van der Waals surface area contributed by atoms with E-state index in [0.29, 0.717) is 48.6 Å². The van der Waals surface area contributed by atoms with Gasteiger partial charge in [-0.2, -0.15) is 0 Å². The van der Waals surface area contributed by atoms with Crippen LogP contribution < -0.4 is 16.0 Å². The molecule has 336 valence electrons. The van der Waals surface area contributed by atoms with E-state index in [4.69, 9.17) is 14.5 Å². The summed E-state index contributed by atoms with van der Waals surface area (Å²) in [6, 6.07) is 30.9. The van der Waals surface area contributed by atoms with Crippen LogP contribution in [0.5, 0.6) is 0 Å². The second-order valence-corrected chi connectivity index (χ2v) is 17.0. The Morgan fingerprint density at radius 3 is 1.80 bits per heavy atom. The molecule has 15 heteroatoms. The molecule has 2 aliphatic rings. The Morgan fingerprint density at radius 1 is 0.646 bits per heavy atom. The first-order valence-electron chi connectivity index (χ1n) is 22.2. The number of hydrogen-bond acceptors (Lipinski definition) is 8. The lowest BCUT2D eigenvalue weighted by Gasteiger charge is -2.29. The molecule has 5 amide bonds. The van der Waals surface area contributed by atoms with E-state index in [1.165, 1.54) is 0 Å². The zero-order valence-corrected chi connectivity index (χ0v) is 36.9. The number of aromatic amines is 2. The minimum Gasteiger partial charge on any atom is -0.447 e. The molecule has 0 unspecified atom stereocenters. The number of anilines is 1. The molecule has 4 heterocycles. The van der Waals surface area contributed by atoms with Gasteiger partial charge in [-0.05, 0) is 99.9 Å². The van der Waals surface area contributed by atoms with Crippen molar-refractivity contribution in [3.05, 3.63) is 132 Å². The summed E-state index contributed by atoms with van der Waals surface area (Å²) in [4.78, 5) is 82.1. The highest BCUT2D eigenvalue weighted by Gasteiger charge is 2.39. The normalized spacial score (nSPS) is 17.0. The molecule has 8 rings (SSSR count). The highest BCUT2D eigenvalue weighted by molar-refractivity contribution is 6.00. The van der Waals surface area contributed by atoms with E-state index in [2.05, 4.69) is 25.9 Å². The van der Waals surface area contributed by atoms with Gasteiger partial charge in [0.2, 0.25) is 5.91 Å². The van der Waals surface area contributed by atoms with E-state index in [0.717, 1.165) is 46.3 Å². The van der Waals surface area contributed by atoms with Crippen molar-refractivity contribution >= 4 is 46.5 Å². The third-order valence-electron chi connectivity index (χ3n) is 11.7. The Morgan fingerprint density at radius 2 is 1.20 bits per heavy atom. The number of carbonyl (C=O) groups is 5. The number of hydrogen-bond donors (Lipinski definition) is 5. The van der Waals surface area contributed by atoms with Crippen LogP contribution in [0.3, 0.4) is 0 Å². The van der Waals surface area contributed by atoms with Crippen molar-refractivity contribution in [2.45, 2.75) is 89.8 Å². The number of fused-ring (bicyclic) bond motifs is 1. The van der Waals surface area contributed by atoms with Crippen LogP contribution in [-0.2, 0) is 23.9 Å². The molecule has 5 N–H and O–H groups in total. The molecule has 0 saturated carbocycles. The monoisotopic (exact) mass is 878 g/mol. The van der Waals surface area contributed by atoms with Crippen LogP contribution >= 0.6 is 0 Å². The molecule has 2 aliphatic heterocycles. The van der Waals surface area contributed by atoms with Gasteiger partial charge in [0.1, 0.15) is 23.9 Å². The molecule has 15 nitrogen and oxygen atoms in total. The molecule has 65 heavy (non-hydrogen) atoms. The number of carbonyl (C=O) groups excluding carboxylic acids is 5. The lowest BCUT2D eigenvalue weighted by atomic mass is 10.0. The van der Waals surface area contributed by atoms with Crippen molar-refractivity contribution in [3.63, 3.8) is 0 Å². The van der Waals surface area contributed by atoms with E-state index >= 15 is 0 Å². The van der Waals surface area contributed by atoms with Crippen LogP contribution in [0.25, 0.3) is 33.4 Å². The molecule has 2 fully saturated rings. The summed E-state index contributed by atoms with van der Waals surface area (Å²) in [5, 5.41) is 9.42. The van der Waals surface area contributed by atoms with Gasteiger partial charge in [-0.1, -0.05) is 84.9 Å². The SMILES string of the molecule is CC(C)OC(=O)N[C@@H](C(=O)N1CCC[C@H]1C(=O)Nc1ccc2[nH]c(-c3ccc(-c4cnc([C@@H]5CCCN5C(=O)[C@H](NC(=O)OC(C)C)c5ccccc5)[nH]4)cc3)cc2c1)c1ccccc1. The number of rotatable bonds is 13. The van der Waals surface area contributed by atoms with Crippen LogP contribution in [0.4, 0.5) is 15.3 Å². The average Bonchev–Trinajstić information content (AvgIpc) is 4.14. The van der Waals surface area contributed by atoms with Crippen molar-refractivity contribution in [1.82, 2.24) is 35.4 Å². The number of aromatic nitrogens is 3. The van der Waals surface area contributed by atoms with Gasteiger partial charge >= 0.3 is 12.2 Å². The maximum absolute atomic E-state index is 14.1. The number of imidazole rings is 1. The molecule has 4 atom stereocenters. The van der Waals surface area contributed by atoms with Crippen LogP contribution in [0.2, 0.25) is 0 Å². The Balaban J connectivity index is 0.926. The number of H-pyrrole nitrogens is 2. The van der Waals surface area contributed by atoms with Crippen molar-refractivity contribution in [2.75, 3.05) is 18.4 Å². The van der Waals surface area contributed by atoms with Gasteiger partial charge < -0.3 is 45.2 Å². The maximum Gasteiger partial charge on any atom is 0.408 e. The summed E-state index contributed by atoms with van der Waals surface area (Å²) in [5.41, 5.74) is 6.33. The summed E-state index contributed by atoms with van der Waals surface area (Å²) in [6.45, 7) is 7.90. The summed E-state index contributed by atoms with van der Waals surface area (Å²) in [5.74, 6) is -0.227. The smallest absolute Gasteiger partial charge is 0.408 e. The number of benzene rings is 4. The number of nitrogens with one attached hydrogen (secondary N) is 5. The standard InChI is InChI=1S/C50H54N8O7/c1-30(2)64-49(62)55-43(34-13-7-5-8-14-34)47(60)57-25-11-17-41(57)45-51-29-40(54-45)33-21-19-32(20-22-33)39-28-36-27-37(23-24-38(36)53-39)52-46(59)42-18-12-26-58(42)48(61)44(35-15-9-6-10-16-35)56-50(63)65-31(3)4/h5-10,13-16,19-24,27-31,41-44,53H,11-12,17-18,25-26H2,1-4H3,(H,51,54)(H,52,59)(H,55,62)(H,56,63)/t41-,42-,43+,44+/m0/s1. The number of nitrogens with zero attached hydrogens (tertiary/aromatic N) is 3. The Hall–Kier alpha value is -7.42. The fraction of sp³-hybridized carbons (Fsp3) is 0.320. The predicted octanol–water partition coefficient (Wildman–Crippen LogP) is 8.57. The number of ether oxygens (including phenoxy) is 2. The molecule has 0 aliphatic carbocycles. The minimum absolute atomic E-state index is 0.226. The third-order valence-corrected chi connectivity index (χ3v) is 11.7. The highest BCUT2D eigenvalue weighted by Crippen LogP contribution is 2.35. The van der Waals surface area contributed by atoms with Crippen LogP contribution in [0.1, 0.15) is 88.5 Å². The number of amides is 5. The van der Waals surface area contributed by atoms with Crippen molar-refractivity contribution in [1.29, 1.82) is 0 Å². The Bertz CT molecular complexity index is 2640. The van der Waals surface area contributed by atoms with Gasteiger partial charge in [0.25, 0.3) is 11.8 Å². The Kier molecular flexibility index (Phi) is 13.3. The second-order valence-electron chi connectivity index (χ2n) is 17.0. The van der Waals surface area contributed by atoms with E-state index in [9.17, 15) is 24.0 Å². The molecule has 4 aromatic carbocycles. The quantitative estimate of drug-likeness (QED) is 0.0762. The van der Waals surface area contributed by atoms with Crippen molar-refractivity contribution in [3.8, 4) is 22.5 Å². The molecule has 0 spiro atoms. The fourth-order valence-corrected chi connectivity index (χ4v) is 8.62. The van der Waals surface area contributed by atoms with E-state index < -0.39 is 30.3 Å². The largest absolute Gasteiger partial charge is 0.447 e. The van der Waals surface area contributed by atoms with Crippen molar-refractivity contribution in [2.24, 2.45) is 0 Å². The van der Waals surface area contributed by atoms with Crippen LogP contribution in [0.15, 0.2) is 115 Å². The van der Waals surface area contributed by atoms with Gasteiger partial charge in [0.05, 0.1) is 30.1 Å². The molecular weight excluding hydrogens is 825 g/mol. The Labute approximate surface area is 377 Å². The zero-order chi connectivity index (χ0) is 45.6. The average molecular weight is 879 g/mol. The topological polar surface area (TPSA) is 191 Å². The zero-order valence-electron chi connectivity index (χ0n) is 36.9.